The normalized spacial score (nSPS) is 24.5. The van der Waals surface area contributed by atoms with E-state index in [4.69, 9.17) is 10.0 Å². The van der Waals surface area contributed by atoms with Crippen LogP contribution < -0.4 is 5.46 Å². The Labute approximate surface area is 107 Å². The molecule has 0 amide bonds. The highest BCUT2D eigenvalue weighted by Crippen LogP contribution is 2.24. The van der Waals surface area contributed by atoms with Crippen molar-refractivity contribution < 1.29 is 14.4 Å². The predicted octanol–water partition coefficient (Wildman–Crippen LogP) is 0.736. The lowest BCUT2D eigenvalue weighted by Crippen LogP contribution is -2.31. The fourth-order valence-corrected chi connectivity index (χ4v) is 2.68. The monoisotopic (exact) mass is 251 g/mol. The van der Waals surface area contributed by atoms with Gasteiger partial charge in [0.1, 0.15) is 5.82 Å². The van der Waals surface area contributed by atoms with Crippen LogP contribution in [-0.2, 0) is 6.54 Å². The van der Waals surface area contributed by atoms with Crippen LogP contribution in [0, 0.1) is 11.7 Å². The van der Waals surface area contributed by atoms with E-state index in [0.717, 1.165) is 13.0 Å². The van der Waals surface area contributed by atoms with E-state index < -0.39 is 7.12 Å². The largest absolute Gasteiger partial charge is 0.488 e. The molecule has 1 heterocycles. The molecule has 1 aliphatic heterocycles. The van der Waals surface area contributed by atoms with E-state index in [9.17, 15) is 4.39 Å². The van der Waals surface area contributed by atoms with Crippen molar-refractivity contribution in [1.82, 2.24) is 4.90 Å². The summed E-state index contributed by atoms with van der Waals surface area (Å²) in [4.78, 5) is 2.26. The van der Waals surface area contributed by atoms with Gasteiger partial charge >= 0.3 is 7.12 Å². The Morgan fingerprint density at radius 2 is 2.11 bits per heavy atom. The van der Waals surface area contributed by atoms with Gasteiger partial charge in [-0.05, 0) is 30.8 Å². The molecule has 0 aliphatic carbocycles. The van der Waals surface area contributed by atoms with Crippen LogP contribution in [0.4, 0.5) is 4.39 Å². The van der Waals surface area contributed by atoms with Gasteiger partial charge < -0.3 is 10.0 Å². The van der Waals surface area contributed by atoms with Crippen molar-refractivity contribution in [2.45, 2.75) is 32.9 Å². The molecule has 0 radical (unpaired) electrons. The predicted molar refractivity (Wildman–Crippen MR) is 69.9 cm³/mol. The number of benzene rings is 1. The second-order valence-electron chi connectivity index (χ2n) is 5.34. The minimum absolute atomic E-state index is 0.194. The molecule has 1 fully saturated rings. The summed E-state index contributed by atoms with van der Waals surface area (Å²) in [6.45, 7) is 5.94. The second kappa shape index (κ2) is 5.39. The van der Waals surface area contributed by atoms with Gasteiger partial charge in [-0.2, -0.15) is 0 Å². The van der Waals surface area contributed by atoms with Gasteiger partial charge in [0.05, 0.1) is 0 Å². The van der Waals surface area contributed by atoms with E-state index in [1.54, 1.807) is 12.1 Å². The van der Waals surface area contributed by atoms with E-state index in [1.165, 1.54) is 6.07 Å². The molecule has 1 aromatic rings. The Morgan fingerprint density at radius 1 is 1.39 bits per heavy atom. The number of halogens is 1. The topological polar surface area (TPSA) is 43.7 Å². The van der Waals surface area contributed by atoms with Crippen LogP contribution in [0.2, 0.25) is 0 Å². The number of rotatable bonds is 3. The summed E-state index contributed by atoms with van der Waals surface area (Å²) in [5.41, 5.74) is 0.805. The SMILES string of the molecule is CC1CC(C)N(Cc2ccc(B(O)O)cc2F)C1. The van der Waals surface area contributed by atoms with Gasteiger partial charge in [-0.3, -0.25) is 4.90 Å². The van der Waals surface area contributed by atoms with E-state index in [0.29, 0.717) is 24.1 Å². The summed E-state index contributed by atoms with van der Waals surface area (Å²) in [7, 11) is -1.61. The molecule has 2 N–H and O–H groups in total. The van der Waals surface area contributed by atoms with E-state index in [-0.39, 0.29) is 11.3 Å². The number of nitrogens with zero attached hydrogens (tertiary/aromatic N) is 1. The maximum Gasteiger partial charge on any atom is 0.488 e. The molecular weight excluding hydrogens is 232 g/mol. The Hall–Kier alpha value is -0.905. The Kier molecular flexibility index (Phi) is 4.05. The highest BCUT2D eigenvalue weighted by atomic mass is 19.1. The van der Waals surface area contributed by atoms with Crippen molar-refractivity contribution in [3.63, 3.8) is 0 Å². The lowest BCUT2D eigenvalue weighted by atomic mass is 9.80. The molecule has 0 saturated carbocycles. The van der Waals surface area contributed by atoms with Crippen LogP contribution in [0.25, 0.3) is 0 Å². The summed E-state index contributed by atoms with van der Waals surface area (Å²) in [6, 6.07) is 4.87. The first-order valence-corrected chi connectivity index (χ1v) is 6.36. The summed E-state index contributed by atoms with van der Waals surface area (Å²) in [5, 5.41) is 18.0. The fraction of sp³-hybridized carbons (Fsp3) is 0.538. The lowest BCUT2D eigenvalue weighted by molar-refractivity contribution is 0.253. The molecule has 1 aliphatic rings. The van der Waals surface area contributed by atoms with Gasteiger partial charge in [0.2, 0.25) is 0 Å². The standard InChI is InChI=1S/C13H19BFNO2/c1-9-5-10(2)16(7-9)8-11-3-4-12(14(17)18)6-13(11)15/h3-4,6,9-10,17-18H,5,7-8H2,1-2H3. The first-order chi connectivity index (χ1) is 8.47. The summed E-state index contributed by atoms with van der Waals surface area (Å²) >= 11 is 0. The van der Waals surface area contributed by atoms with Crippen LogP contribution in [0.5, 0.6) is 0 Å². The molecule has 1 aromatic carbocycles. The van der Waals surface area contributed by atoms with E-state index in [1.807, 2.05) is 0 Å². The van der Waals surface area contributed by atoms with Crippen molar-refractivity contribution in [3.8, 4) is 0 Å². The molecule has 2 unspecified atom stereocenters. The summed E-state index contributed by atoms with van der Waals surface area (Å²) in [5.74, 6) is 0.286. The van der Waals surface area contributed by atoms with E-state index >= 15 is 0 Å². The summed E-state index contributed by atoms with van der Waals surface area (Å²) in [6.07, 6.45) is 1.15. The Morgan fingerprint density at radius 3 is 2.61 bits per heavy atom. The van der Waals surface area contributed by atoms with Crippen LogP contribution in [0.15, 0.2) is 18.2 Å². The van der Waals surface area contributed by atoms with Gasteiger partial charge in [-0.15, -0.1) is 0 Å². The van der Waals surface area contributed by atoms with Crippen molar-refractivity contribution in [2.24, 2.45) is 5.92 Å². The molecule has 0 bridgehead atoms. The second-order valence-corrected chi connectivity index (χ2v) is 5.34. The average Bonchev–Trinajstić information content (AvgIpc) is 2.60. The molecule has 2 atom stereocenters. The molecule has 3 nitrogen and oxygen atoms in total. The zero-order chi connectivity index (χ0) is 13.3. The molecule has 0 spiro atoms. The lowest BCUT2D eigenvalue weighted by Gasteiger charge is -2.21. The smallest absolute Gasteiger partial charge is 0.423 e. The molecule has 98 valence electrons. The van der Waals surface area contributed by atoms with Crippen molar-refractivity contribution >= 4 is 12.6 Å². The first-order valence-electron chi connectivity index (χ1n) is 6.36. The highest BCUT2D eigenvalue weighted by Gasteiger charge is 2.26. The van der Waals surface area contributed by atoms with Crippen molar-refractivity contribution in [1.29, 1.82) is 0 Å². The molecular formula is C13H19BFNO2. The van der Waals surface area contributed by atoms with Crippen LogP contribution >= 0.6 is 0 Å². The molecule has 1 saturated heterocycles. The van der Waals surface area contributed by atoms with Gasteiger partial charge in [0.15, 0.2) is 0 Å². The van der Waals surface area contributed by atoms with Crippen molar-refractivity contribution in [2.75, 3.05) is 6.54 Å². The van der Waals surface area contributed by atoms with Crippen molar-refractivity contribution in [3.05, 3.63) is 29.6 Å². The minimum atomic E-state index is -1.61. The number of hydrogen-bond donors (Lipinski definition) is 2. The fourth-order valence-electron chi connectivity index (χ4n) is 2.68. The molecule has 5 heteroatoms. The van der Waals surface area contributed by atoms with Crippen LogP contribution in [0.3, 0.4) is 0 Å². The zero-order valence-corrected chi connectivity index (χ0v) is 10.8. The third-order valence-corrected chi connectivity index (χ3v) is 3.66. The van der Waals surface area contributed by atoms with Gasteiger partial charge in [0, 0.05) is 24.7 Å². The van der Waals surface area contributed by atoms with Gasteiger partial charge in [0.25, 0.3) is 0 Å². The maximum atomic E-state index is 13.8. The van der Waals surface area contributed by atoms with E-state index in [2.05, 4.69) is 18.7 Å². The third kappa shape index (κ3) is 2.91. The summed E-state index contributed by atoms with van der Waals surface area (Å²) < 4.78 is 13.8. The Balaban J connectivity index is 2.10. The van der Waals surface area contributed by atoms with Gasteiger partial charge in [-0.25, -0.2) is 4.39 Å². The van der Waals surface area contributed by atoms with Crippen LogP contribution in [0.1, 0.15) is 25.8 Å². The quantitative estimate of drug-likeness (QED) is 0.778. The molecule has 2 rings (SSSR count). The average molecular weight is 251 g/mol. The number of likely N-dealkylation sites (tertiary alicyclic amines) is 1. The zero-order valence-electron chi connectivity index (χ0n) is 10.8. The maximum absolute atomic E-state index is 13.8. The highest BCUT2D eigenvalue weighted by molar-refractivity contribution is 6.58. The Bertz CT molecular complexity index is 427. The van der Waals surface area contributed by atoms with Gasteiger partial charge in [-0.1, -0.05) is 19.1 Å². The third-order valence-electron chi connectivity index (χ3n) is 3.66. The number of hydrogen-bond acceptors (Lipinski definition) is 3. The minimum Gasteiger partial charge on any atom is -0.423 e. The van der Waals surface area contributed by atoms with Crippen LogP contribution in [-0.4, -0.2) is 34.7 Å². The molecule has 0 aromatic heterocycles. The molecule has 18 heavy (non-hydrogen) atoms. The first kappa shape index (κ1) is 13.5.